The average Bonchev–Trinajstić information content (AvgIpc) is 3.20. The number of nitrogens with zero attached hydrogens (tertiary/aromatic N) is 2. The van der Waals surface area contributed by atoms with Gasteiger partial charge in [-0.2, -0.15) is 18.3 Å². The smallest absolute Gasteiger partial charge is 0.418 e. The van der Waals surface area contributed by atoms with E-state index in [9.17, 15) is 22.8 Å². The van der Waals surface area contributed by atoms with Gasteiger partial charge in [-0.15, -0.1) is 5.10 Å². The van der Waals surface area contributed by atoms with Crippen LogP contribution in [-0.2, 0) is 15.8 Å². The van der Waals surface area contributed by atoms with Crippen LogP contribution < -0.4 is 10.6 Å². The summed E-state index contributed by atoms with van der Waals surface area (Å²) in [5, 5.41) is 11.7. The summed E-state index contributed by atoms with van der Waals surface area (Å²) >= 11 is 0.970. The molecule has 1 fully saturated rings. The summed E-state index contributed by atoms with van der Waals surface area (Å²) in [6.07, 6.45) is -3.56. The third kappa shape index (κ3) is 5.47. The van der Waals surface area contributed by atoms with E-state index in [1.807, 2.05) is 0 Å². The van der Waals surface area contributed by atoms with Gasteiger partial charge in [-0.25, -0.2) is 0 Å². The average molecular weight is 424 g/mol. The van der Waals surface area contributed by atoms with Crippen LogP contribution in [0.3, 0.4) is 0 Å². The van der Waals surface area contributed by atoms with Crippen LogP contribution in [0.4, 0.5) is 18.9 Å². The first-order valence-electron chi connectivity index (χ1n) is 8.33. The SMILES string of the molecule is Cc1ccc(/C=N/N=C2\NC(=O)C(CC(=O)Nc3ccccc3C(F)(F)F)S2)o1. The number of carbonyl (C=O) groups excluding carboxylic acids is 2. The molecule has 1 aromatic heterocycles. The Morgan fingerprint density at radius 1 is 1.31 bits per heavy atom. The normalized spacial score (nSPS) is 18.4. The van der Waals surface area contributed by atoms with Crippen LogP contribution >= 0.6 is 11.8 Å². The van der Waals surface area contributed by atoms with Gasteiger partial charge >= 0.3 is 6.18 Å². The number of anilines is 1. The van der Waals surface area contributed by atoms with Crippen LogP contribution in [0.25, 0.3) is 0 Å². The third-order valence-corrected chi connectivity index (χ3v) is 4.82. The Bertz CT molecular complexity index is 985. The number of halogens is 3. The number of para-hydroxylation sites is 1. The van der Waals surface area contributed by atoms with Crippen molar-refractivity contribution in [3.63, 3.8) is 0 Å². The molecule has 1 aromatic carbocycles. The van der Waals surface area contributed by atoms with Crippen molar-refractivity contribution in [3.8, 4) is 0 Å². The molecule has 3 rings (SSSR count). The number of hydrogen-bond donors (Lipinski definition) is 2. The largest absolute Gasteiger partial charge is 0.460 e. The molecule has 7 nitrogen and oxygen atoms in total. The van der Waals surface area contributed by atoms with Crippen molar-refractivity contribution < 1.29 is 27.2 Å². The van der Waals surface area contributed by atoms with Crippen molar-refractivity contribution in [2.75, 3.05) is 5.32 Å². The van der Waals surface area contributed by atoms with Crippen LogP contribution in [0.1, 0.15) is 23.5 Å². The molecule has 2 amide bonds. The fraction of sp³-hybridized carbons (Fsp3) is 0.222. The highest BCUT2D eigenvalue weighted by molar-refractivity contribution is 8.15. The second-order valence-corrected chi connectivity index (χ2v) is 7.18. The maximum Gasteiger partial charge on any atom is 0.418 e. The monoisotopic (exact) mass is 424 g/mol. The Hall–Kier alpha value is -3.08. The van der Waals surface area contributed by atoms with E-state index in [1.165, 1.54) is 18.3 Å². The summed E-state index contributed by atoms with van der Waals surface area (Å²) in [6, 6.07) is 8.09. The summed E-state index contributed by atoms with van der Waals surface area (Å²) < 4.78 is 44.3. The number of carbonyl (C=O) groups is 2. The van der Waals surface area contributed by atoms with Gasteiger partial charge in [-0.05, 0) is 31.2 Å². The van der Waals surface area contributed by atoms with Gasteiger partial charge in [-0.3, -0.25) is 9.59 Å². The molecule has 0 radical (unpaired) electrons. The molecular weight excluding hydrogens is 409 g/mol. The van der Waals surface area contributed by atoms with Crippen molar-refractivity contribution in [1.29, 1.82) is 0 Å². The maximum absolute atomic E-state index is 13.0. The molecule has 0 bridgehead atoms. The summed E-state index contributed by atoms with van der Waals surface area (Å²) in [4.78, 5) is 24.1. The van der Waals surface area contributed by atoms with Crippen molar-refractivity contribution in [2.45, 2.75) is 24.8 Å². The predicted octanol–water partition coefficient (Wildman–Crippen LogP) is 3.56. The fourth-order valence-corrected chi connectivity index (χ4v) is 3.38. The Morgan fingerprint density at radius 2 is 2.07 bits per heavy atom. The Kier molecular flexibility index (Phi) is 6.06. The number of hydrogen-bond acceptors (Lipinski definition) is 6. The highest BCUT2D eigenvalue weighted by Gasteiger charge is 2.35. The van der Waals surface area contributed by atoms with Crippen molar-refractivity contribution >= 4 is 40.6 Å². The lowest BCUT2D eigenvalue weighted by Crippen LogP contribution is -2.28. The lowest BCUT2D eigenvalue weighted by molar-refractivity contribution is -0.137. The van der Waals surface area contributed by atoms with Crippen molar-refractivity contribution in [2.24, 2.45) is 10.2 Å². The summed E-state index contributed by atoms with van der Waals surface area (Å²) in [7, 11) is 0. The number of rotatable bonds is 5. The molecule has 1 aliphatic rings. The van der Waals surface area contributed by atoms with Gasteiger partial charge < -0.3 is 15.1 Å². The van der Waals surface area contributed by atoms with E-state index in [0.717, 1.165) is 23.9 Å². The summed E-state index contributed by atoms with van der Waals surface area (Å²) in [6.45, 7) is 1.78. The summed E-state index contributed by atoms with van der Waals surface area (Å²) in [5.74, 6) is 0.00321. The van der Waals surface area contributed by atoms with Gasteiger partial charge in [0.25, 0.3) is 0 Å². The second kappa shape index (κ2) is 8.52. The zero-order valence-corrected chi connectivity index (χ0v) is 15.8. The fourth-order valence-electron chi connectivity index (χ4n) is 2.46. The van der Waals surface area contributed by atoms with E-state index in [4.69, 9.17) is 4.42 Å². The number of benzene rings is 1. The number of alkyl halides is 3. The number of aryl methyl sites for hydroxylation is 1. The lowest BCUT2D eigenvalue weighted by Gasteiger charge is -2.14. The molecule has 2 N–H and O–H groups in total. The van der Waals surface area contributed by atoms with Crippen LogP contribution in [0, 0.1) is 6.92 Å². The molecule has 1 unspecified atom stereocenters. The predicted molar refractivity (Wildman–Crippen MR) is 103 cm³/mol. The molecule has 2 heterocycles. The first kappa shape index (κ1) is 20.6. The zero-order valence-electron chi connectivity index (χ0n) is 15.0. The van der Waals surface area contributed by atoms with E-state index in [0.29, 0.717) is 11.5 Å². The van der Waals surface area contributed by atoms with Gasteiger partial charge in [0.05, 0.1) is 17.5 Å². The molecule has 1 atom stereocenters. The standard InChI is InChI=1S/C18H15F3N4O3S/c1-10-6-7-11(28-10)9-22-25-17-24-16(27)14(29-17)8-15(26)23-13-5-3-2-4-12(13)18(19,20)21/h2-7,9,14H,8H2,1H3,(H,23,26)(H,24,25,27)/b22-9+. The maximum atomic E-state index is 13.0. The minimum absolute atomic E-state index is 0.183. The molecule has 152 valence electrons. The number of thioether (sulfide) groups is 1. The van der Waals surface area contributed by atoms with E-state index < -0.39 is 28.8 Å². The van der Waals surface area contributed by atoms with Gasteiger partial charge in [0.2, 0.25) is 11.8 Å². The van der Waals surface area contributed by atoms with E-state index >= 15 is 0 Å². The molecule has 0 aliphatic carbocycles. The molecule has 0 spiro atoms. The Labute approximate surface area is 167 Å². The van der Waals surface area contributed by atoms with E-state index in [1.54, 1.807) is 19.1 Å². The van der Waals surface area contributed by atoms with Crippen LogP contribution in [0.5, 0.6) is 0 Å². The lowest BCUT2D eigenvalue weighted by atomic mass is 10.1. The molecular formula is C18H15F3N4O3S. The number of amidine groups is 1. The molecule has 1 aliphatic heterocycles. The number of nitrogens with one attached hydrogen (secondary N) is 2. The first-order valence-corrected chi connectivity index (χ1v) is 9.21. The van der Waals surface area contributed by atoms with Gasteiger partial charge in [0.15, 0.2) is 5.17 Å². The number of furan rings is 1. The van der Waals surface area contributed by atoms with Gasteiger partial charge in [0, 0.05) is 6.42 Å². The molecule has 2 aromatic rings. The van der Waals surface area contributed by atoms with Gasteiger partial charge in [-0.1, -0.05) is 23.9 Å². The third-order valence-electron chi connectivity index (χ3n) is 3.75. The second-order valence-electron chi connectivity index (χ2n) is 5.99. The van der Waals surface area contributed by atoms with Crippen LogP contribution in [0.2, 0.25) is 0 Å². The topological polar surface area (TPSA) is 96.1 Å². The number of amides is 2. The molecule has 1 saturated heterocycles. The van der Waals surface area contributed by atoms with Gasteiger partial charge in [0.1, 0.15) is 16.8 Å². The first-order chi connectivity index (χ1) is 13.7. The molecule has 11 heteroatoms. The molecule has 29 heavy (non-hydrogen) atoms. The Morgan fingerprint density at radius 3 is 2.76 bits per heavy atom. The van der Waals surface area contributed by atoms with E-state index in [2.05, 4.69) is 20.8 Å². The minimum Gasteiger partial charge on any atom is -0.460 e. The quantitative estimate of drug-likeness (QED) is 0.567. The van der Waals surface area contributed by atoms with E-state index in [-0.39, 0.29) is 17.3 Å². The van der Waals surface area contributed by atoms with Crippen LogP contribution in [0.15, 0.2) is 51.0 Å². The molecule has 0 saturated carbocycles. The van der Waals surface area contributed by atoms with Crippen molar-refractivity contribution in [1.82, 2.24) is 5.32 Å². The summed E-state index contributed by atoms with van der Waals surface area (Å²) in [5.41, 5.74) is -1.32. The van der Waals surface area contributed by atoms with Crippen LogP contribution in [-0.4, -0.2) is 28.4 Å². The highest BCUT2D eigenvalue weighted by atomic mass is 32.2. The highest BCUT2D eigenvalue weighted by Crippen LogP contribution is 2.34. The zero-order chi connectivity index (χ0) is 21.0. The Balaban J connectivity index is 1.60. The van der Waals surface area contributed by atoms with Crippen molar-refractivity contribution in [3.05, 3.63) is 53.5 Å². The minimum atomic E-state index is -4.60.